The van der Waals surface area contributed by atoms with Gasteiger partial charge in [-0.05, 0) is 30.3 Å². The normalized spacial score (nSPS) is 10.1. The van der Waals surface area contributed by atoms with E-state index in [0.717, 1.165) is 11.3 Å². The fourth-order valence-corrected chi connectivity index (χ4v) is 1.76. The minimum absolute atomic E-state index is 0.567. The van der Waals surface area contributed by atoms with Gasteiger partial charge in [0.15, 0.2) is 0 Å². The number of nitrogens with zero attached hydrogens (tertiary/aromatic N) is 1. The average molecular weight is 235 g/mol. The summed E-state index contributed by atoms with van der Waals surface area (Å²) >= 11 is 6.12. The van der Waals surface area contributed by atoms with E-state index in [2.05, 4.69) is 4.98 Å². The Bertz CT molecular complexity index is 514. The molecule has 1 aromatic carbocycles. The van der Waals surface area contributed by atoms with Crippen LogP contribution in [0.15, 0.2) is 36.5 Å². The number of nitrogen functional groups attached to an aromatic ring is 1. The number of benzene rings is 1. The summed E-state index contributed by atoms with van der Waals surface area (Å²) in [5, 5.41) is 0.567. The van der Waals surface area contributed by atoms with E-state index >= 15 is 0 Å². The molecule has 0 saturated heterocycles. The molecule has 0 atom stereocenters. The maximum Gasteiger partial charge on any atom is 0.145 e. The molecular formula is C12H11ClN2O. The lowest BCUT2D eigenvalue weighted by molar-refractivity contribution is 0.415. The van der Waals surface area contributed by atoms with Gasteiger partial charge in [-0.25, -0.2) is 0 Å². The van der Waals surface area contributed by atoms with Crippen molar-refractivity contribution in [2.24, 2.45) is 0 Å². The summed E-state index contributed by atoms with van der Waals surface area (Å²) in [5.74, 6) is 0.689. The van der Waals surface area contributed by atoms with E-state index in [-0.39, 0.29) is 0 Å². The molecule has 0 aliphatic carbocycles. The fraction of sp³-hybridized carbons (Fsp3) is 0.0833. The van der Waals surface area contributed by atoms with Crippen molar-refractivity contribution < 1.29 is 4.74 Å². The highest BCUT2D eigenvalue weighted by Crippen LogP contribution is 2.33. The molecule has 0 unspecified atom stereocenters. The van der Waals surface area contributed by atoms with Crippen molar-refractivity contribution in [3.05, 3.63) is 41.6 Å². The van der Waals surface area contributed by atoms with Gasteiger partial charge < -0.3 is 10.5 Å². The lowest BCUT2D eigenvalue weighted by Crippen LogP contribution is -1.92. The molecule has 0 radical (unpaired) electrons. The van der Waals surface area contributed by atoms with Gasteiger partial charge in [-0.2, -0.15) is 0 Å². The molecule has 0 bridgehead atoms. The second-order valence-electron chi connectivity index (χ2n) is 3.29. The quantitative estimate of drug-likeness (QED) is 0.813. The first-order valence-corrected chi connectivity index (χ1v) is 5.14. The Morgan fingerprint density at radius 1 is 1.31 bits per heavy atom. The zero-order chi connectivity index (χ0) is 11.5. The predicted molar refractivity (Wildman–Crippen MR) is 65.6 cm³/mol. The van der Waals surface area contributed by atoms with Crippen LogP contribution < -0.4 is 10.5 Å². The second kappa shape index (κ2) is 4.41. The first kappa shape index (κ1) is 10.8. The Morgan fingerprint density at radius 3 is 2.81 bits per heavy atom. The number of hydrogen-bond donors (Lipinski definition) is 1. The lowest BCUT2D eigenvalue weighted by atomic mass is 10.1. The van der Waals surface area contributed by atoms with Crippen molar-refractivity contribution in [2.75, 3.05) is 12.8 Å². The largest absolute Gasteiger partial charge is 0.494 e. The van der Waals surface area contributed by atoms with Crippen LogP contribution in [0.3, 0.4) is 0 Å². The molecule has 1 heterocycles. The highest BCUT2D eigenvalue weighted by molar-refractivity contribution is 6.33. The summed E-state index contributed by atoms with van der Waals surface area (Å²) < 4.78 is 5.23. The molecule has 0 saturated carbocycles. The van der Waals surface area contributed by atoms with E-state index in [1.165, 1.54) is 0 Å². The zero-order valence-corrected chi connectivity index (χ0v) is 9.53. The van der Waals surface area contributed by atoms with Crippen molar-refractivity contribution in [3.8, 4) is 17.0 Å². The van der Waals surface area contributed by atoms with Crippen molar-refractivity contribution in [3.63, 3.8) is 0 Å². The van der Waals surface area contributed by atoms with Crippen LogP contribution in [0.4, 0.5) is 5.69 Å². The van der Waals surface area contributed by atoms with Crippen LogP contribution in [-0.2, 0) is 0 Å². The smallest absolute Gasteiger partial charge is 0.145 e. The van der Waals surface area contributed by atoms with Gasteiger partial charge >= 0.3 is 0 Å². The van der Waals surface area contributed by atoms with Gasteiger partial charge in [0, 0.05) is 17.4 Å². The number of hydrogen-bond acceptors (Lipinski definition) is 3. The maximum atomic E-state index is 6.12. The lowest BCUT2D eigenvalue weighted by Gasteiger charge is -2.08. The highest BCUT2D eigenvalue weighted by atomic mass is 35.5. The molecular weight excluding hydrogens is 224 g/mol. The van der Waals surface area contributed by atoms with Crippen LogP contribution in [0.5, 0.6) is 5.75 Å². The standard InChI is InChI=1S/C12H11ClN2O/c1-16-11-3-2-6-15-12(11)9-5-4-8(14)7-10(9)13/h2-7H,14H2,1H3. The van der Waals surface area contributed by atoms with Gasteiger partial charge in [-0.3, -0.25) is 4.98 Å². The number of anilines is 1. The minimum Gasteiger partial charge on any atom is -0.494 e. The summed E-state index contributed by atoms with van der Waals surface area (Å²) in [6.45, 7) is 0. The minimum atomic E-state index is 0.567. The average Bonchev–Trinajstić information content (AvgIpc) is 2.29. The second-order valence-corrected chi connectivity index (χ2v) is 3.70. The van der Waals surface area contributed by atoms with Crippen molar-refractivity contribution in [2.45, 2.75) is 0 Å². The van der Waals surface area contributed by atoms with Gasteiger partial charge in [-0.15, -0.1) is 0 Å². The van der Waals surface area contributed by atoms with Crippen LogP contribution in [-0.4, -0.2) is 12.1 Å². The molecule has 1 aromatic heterocycles. The summed E-state index contributed by atoms with van der Waals surface area (Å²) in [6.07, 6.45) is 1.70. The van der Waals surface area contributed by atoms with E-state index in [9.17, 15) is 0 Å². The number of ether oxygens (including phenoxy) is 1. The molecule has 0 aliphatic rings. The van der Waals surface area contributed by atoms with E-state index in [1.54, 1.807) is 25.4 Å². The molecule has 82 valence electrons. The molecule has 16 heavy (non-hydrogen) atoms. The molecule has 0 fully saturated rings. The summed E-state index contributed by atoms with van der Waals surface area (Å²) in [5.41, 5.74) is 7.80. The number of aromatic nitrogens is 1. The van der Waals surface area contributed by atoms with E-state index in [0.29, 0.717) is 16.5 Å². The Balaban J connectivity index is 2.58. The number of pyridine rings is 1. The summed E-state index contributed by atoms with van der Waals surface area (Å²) in [6, 6.07) is 8.98. The van der Waals surface area contributed by atoms with E-state index in [4.69, 9.17) is 22.1 Å². The van der Waals surface area contributed by atoms with Gasteiger partial charge in [0.1, 0.15) is 11.4 Å². The van der Waals surface area contributed by atoms with Crippen LogP contribution in [0.1, 0.15) is 0 Å². The van der Waals surface area contributed by atoms with Gasteiger partial charge in [-0.1, -0.05) is 11.6 Å². The first-order valence-electron chi connectivity index (χ1n) is 4.77. The van der Waals surface area contributed by atoms with Crippen molar-refractivity contribution in [1.29, 1.82) is 0 Å². The third kappa shape index (κ3) is 1.95. The Kier molecular flexibility index (Phi) is 2.97. The molecule has 0 amide bonds. The SMILES string of the molecule is COc1cccnc1-c1ccc(N)cc1Cl. The molecule has 3 nitrogen and oxygen atoms in total. The molecule has 0 aliphatic heterocycles. The van der Waals surface area contributed by atoms with Gasteiger partial charge in [0.05, 0.1) is 12.1 Å². The molecule has 2 N–H and O–H groups in total. The van der Waals surface area contributed by atoms with Crippen LogP contribution >= 0.6 is 11.6 Å². The molecule has 0 spiro atoms. The Morgan fingerprint density at radius 2 is 2.12 bits per heavy atom. The first-order chi connectivity index (χ1) is 7.72. The van der Waals surface area contributed by atoms with Crippen LogP contribution in [0.25, 0.3) is 11.3 Å². The molecule has 2 rings (SSSR count). The molecule has 4 heteroatoms. The third-order valence-electron chi connectivity index (χ3n) is 2.24. The number of methoxy groups -OCH3 is 1. The third-order valence-corrected chi connectivity index (χ3v) is 2.55. The van der Waals surface area contributed by atoms with Gasteiger partial charge in [0.2, 0.25) is 0 Å². The Labute approximate surface area is 98.8 Å². The zero-order valence-electron chi connectivity index (χ0n) is 8.77. The van der Waals surface area contributed by atoms with E-state index in [1.807, 2.05) is 18.2 Å². The maximum absolute atomic E-state index is 6.12. The predicted octanol–water partition coefficient (Wildman–Crippen LogP) is 2.99. The number of halogens is 1. The Hall–Kier alpha value is -1.74. The monoisotopic (exact) mass is 234 g/mol. The van der Waals surface area contributed by atoms with Gasteiger partial charge in [0.25, 0.3) is 0 Å². The summed E-state index contributed by atoms with van der Waals surface area (Å²) in [4.78, 5) is 4.26. The topological polar surface area (TPSA) is 48.1 Å². The number of nitrogens with two attached hydrogens (primary N) is 1. The van der Waals surface area contributed by atoms with Crippen LogP contribution in [0.2, 0.25) is 5.02 Å². The highest BCUT2D eigenvalue weighted by Gasteiger charge is 2.10. The van der Waals surface area contributed by atoms with Crippen LogP contribution in [0, 0.1) is 0 Å². The molecule has 2 aromatic rings. The van der Waals surface area contributed by atoms with Crippen molar-refractivity contribution in [1.82, 2.24) is 4.98 Å². The van der Waals surface area contributed by atoms with Crippen molar-refractivity contribution >= 4 is 17.3 Å². The fourth-order valence-electron chi connectivity index (χ4n) is 1.48. The van der Waals surface area contributed by atoms with E-state index < -0.39 is 0 Å². The number of rotatable bonds is 2. The summed E-state index contributed by atoms with van der Waals surface area (Å²) in [7, 11) is 1.60.